The first-order valence-electron chi connectivity index (χ1n) is 9.20. The van der Waals surface area contributed by atoms with E-state index in [4.69, 9.17) is 4.74 Å². The minimum Gasteiger partial charge on any atom is -0.494 e. The molecule has 27 heavy (non-hydrogen) atoms. The number of ether oxygens (including phenoxy) is 1. The topological polar surface area (TPSA) is 63.7 Å². The second-order valence-corrected chi connectivity index (χ2v) is 8.95. The lowest BCUT2D eigenvalue weighted by molar-refractivity contribution is -0.132. The zero-order chi connectivity index (χ0) is 19.3. The van der Waals surface area contributed by atoms with Crippen molar-refractivity contribution < 1.29 is 17.9 Å². The van der Waals surface area contributed by atoms with Crippen LogP contribution in [0.5, 0.6) is 5.75 Å². The van der Waals surface area contributed by atoms with Crippen molar-refractivity contribution in [3.63, 3.8) is 0 Å². The van der Waals surface area contributed by atoms with Crippen LogP contribution in [0.4, 0.5) is 0 Å². The lowest BCUT2D eigenvalue weighted by Gasteiger charge is -2.22. The molecule has 1 amide bonds. The van der Waals surface area contributed by atoms with Gasteiger partial charge in [-0.15, -0.1) is 0 Å². The molecule has 0 atom stereocenters. The summed E-state index contributed by atoms with van der Waals surface area (Å²) in [5, 5.41) is 0. The molecule has 0 aliphatic heterocycles. The number of carbonyl (C=O) groups is 1. The van der Waals surface area contributed by atoms with Crippen LogP contribution in [0.25, 0.3) is 0 Å². The van der Waals surface area contributed by atoms with Crippen LogP contribution in [0.15, 0.2) is 59.5 Å². The third-order valence-electron chi connectivity index (χ3n) is 4.56. The van der Waals surface area contributed by atoms with Crippen molar-refractivity contribution in [2.45, 2.75) is 43.2 Å². The Morgan fingerprint density at radius 3 is 2.33 bits per heavy atom. The molecule has 0 radical (unpaired) electrons. The quantitative estimate of drug-likeness (QED) is 0.618. The molecule has 1 fully saturated rings. The summed E-state index contributed by atoms with van der Waals surface area (Å²) in [5.74, 6) is 0.774. The number of nitrogens with zero attached hydrogens (tertiary/aromatic N) is 1. The average molecular weight is 388 g/mol. The highest BCUT2D eigenvalue weighted by Gasteiger charge is 2.32. The third kappa shape index (κ3) is 5.82. The minimum atomic E-state index is -3.20. The van der Waals surface area contributed by atoms with Gasteiger partial charge in [0.2, 0.25) is 5.91 Å². The number of hydrogen-bond donors (Lipinski definition) is 0. The number of sulfone groups is 1. The van der Waals surface area contributed by atoms with Gasteiger partial charge in [-0.05, 0) is 49.1 Å². The Labute approximate surface area is 160 Å². The molecule has 144 valence electrons. The molecule has 0 unspecified atom stereocenters. The van der Waals surface area contributed by atoms with Crippen molar-refractivity contribution in [2.75, 3.05) is 12.9 Å². The molecular weight excluding hydrogens is 362 g/mol. The molecule has 0 bridgehead atoms. The molecule has 1 aliphatic rings. The average Bonchev–Trinajstić information content (AvgIpc) is 3.48. The number of hydrogen-bond acceptors (Lipinski definition) is 4. The molecule has 0 aromatic heterocycles. The second-order valence-electron chi connectivity index (χ2n) is 6.93. The Kier molecular flexibility index (Phi) is 6.16. The molecular formula is C21H25NO4S. The summed E-state index contributed by atoms with van der Waals surface area (Å²) in [7, 11) is -3.20. The Hall–Kier alpha value is -2.34. The van der Waals surface area contributed by atoms with Crippen LogP contribution in [0.3, 0.4) is 0 Å². The minimum absolute atomic E-state index is 0.164. The summed E-state index contributed by atoms with van der Waals surface area (Å²) in [6.45, 7) is 1.09. The molecule has 6 heteroatoms. The Morgan fingerprint density at radius 2 is 1.74 bits per heavy atom. The second kappa shape index (κ2) is 8.57. The van der Waals surface area contributed by atoms with Crippen LogP contribution >= 0.6 is 0 Å². The zero-order valence-corrected chi connectivity index (χ0v) is 16.3. The lowest BCUT2D eigenvalue weighted by Crippen LogP contribution is -2.32. The number of benzene rings is 2. The van der Waals surface area contributed by atoms with E-state index >= 15 is 0 Å². The first-order valence-corrected chi connectivity index (χ1v) is 11.1. The van der Waals surface area contributed by atoms with Gasteiger partial charge in [0, 0.05) is 25.3 Å². The van der Waals surface area contributed by atoms with E-state index in [2.05, 4.69) is 0 Å². The number of rotatable bonds is 9. The van der Waals surface area contributed by atoms with Gasteiger partial charge in [-0.2, -0.15) is 0 Å². The maximum absolute atomic E-state index is 12.6. The van der Waals surface area contributed by atoms with Crippen LogP contribution in [-0.2, 0) is 21.2 Å². The normalized spacial score (nSPS) is 14.0. The summed E-state index contributed by atoms with van der Waals surface area (Å²) in [6, 6.07) is 16.8. The summed E-state index contributed by atoms with van der Waals surface area (Å²) < 4.78 is 28.5. The highest BCUT2D eigenvalue weighted by molar-refractivity contribution is 7.90. The van der Waals surface area contributed by atoms with Gasteiger partial charge in [0.15, 0.2) is 9.84 Å². The van der Waals surface area contributed by atoms with Crippen LogP contribution in [0, 0.1) is 0 Å². The molecule has 2 aromatic carbocycles. The number of amides is 1. The van der Waals surface area contributed by atoms with Gasteiger partial charge in [-0.3, -0.25) is 4.79 Å². The van der Waals surface area contributed by atoms with Crippen LogP contribution in [-0.4, -0.2) is 38.1 Å². The summed E-state index contributed by atoms with van der Waals surface area (Å²) in [6.07, 6.45) is 4.43. The summed E-state index contributed by atoms with van der Waals surface area (Å²) in [5.41, 5.74) is 1.15. The molecule has 0 N–H and O–H groups in total. The molecule has 1 aliphatic carbocycles. The van der Waals surface area contributed by atoms with E-state index in [1.165, 1.54) is 18.4 Å². The van der Waals surface area contributed by atoms with Gasteiger partial charge < -0.3 is 9.64 Å². The Bertz CT molecular complexity index is 859. The maximum atomic E-state index is 12.6. The first kappa shape index (κ1) is 19.4. The SMILES string of the molecule is CS(=O)(=O)c1ccc(OCCCC(=O)N(Cc2ccccc2)C2CC2)cc1. The van der Waals surface area contributed by atoms with E-state index in [9.17, 15) is 13.2 Å². The van der Waals surface area contributed by atoms with E-state index in [1.807, 2.05) is 35.2 Å². The predicted molar refractivity (Wildman–Crippen MR) is 104 cm³/mol. The Balaban J connectivity index is 1.45. The van der Waals surface area contributed by atoms with Crippen molar-refractivity contribution in [1.82, 2.24) is 4.90 Å². The van der Waals surface area contributed by atoms with Gasteiger partial charge in [0.1, 0.15) is 5.75 Å². The van der Waals surface area contributed by atoms with Crippen LogP contribution in [0.1, 0.15) is 31.2 Å². The summed E-state index contributed by atoms with van der Waals surface area (Å²) >= 11 is 0. The van der Waals surface area contributed by atoms with Crippen molar-refractivity contribution >= 4 is 15.7 Å². The van der Waals surface area contributed by atoms with Crippen LogP contribution in [0.2, 0.25) is 0 Å². The lowest BCUT2D eigenvalue weighted by atomic mass is 10.2. The molecule has 2 aromatic rings. The molecule has 0 heterocycles. The van der Waals surface area contributed by atoms with Gasteiger partial charge in [0.25, 0.3) is 0 Å². The summed E-state index contributed by atoms with van der Waals surface area (Å²) in [4.78, 5) is 14.9. The van der Waals surface area contributed by atoms with Crippen molar-refractivity contribution in [3.05, 3.63) is 60.2 Å². The highest BCUT2D eigenvalue weighted by Crippen LogP contribution is 2.29. The molecule has 5 nitrogen and oxygen atoms in total. The van der Waals surface area contributed by atoms with Gasteiger partial charge in [-0.25, -0.2) is 8.42 Å². The van der Waals surface area contributed by atoms with E-state index in [-0.39, 0.29) is 10.8 Å². The van der Waals surface area contributed by atoms with E-state index in [0.29, 0.717) is 37.8 Å². The Morgan fingerprint density at radius 1 is 1.07 bits per heavy atom. The van der Waals surface area contributed by atoms with Crippen molar-refractivity contribution in [2.24, 2.45) is 0 Å². The standard InChI is InChI=1S/C21H25NO4S/c1-27(24,25)20-13-11-19(12-14-20)26-15-5-8-21(23)22(18-9-10-18)16-17-6-3-2-4-7-17/h2-4,6-7,11-14,18H,5,8-10,15-16H2,1H3. The van der Waals surface area contributed by atoms with Crippen LogP contribution < -0.4 is 4.74 Å². The van der Waals surface area contributed by atoms with Crippen molar-refractivity contribution in [3.8, 4) is 5.75 Å². The van der Waals surface area contributed by atoms with Gasteiger partial charge in [-0.1, -0.05) is 30.3 Å². The smallest absolute Gasteiger partial charge is 0.223 e. The highest BCUT2D eigenvalue weighted by atomic mass is 32.2. The number of carbonyl (C=O) groups excluding carboxylic acids is 1. The van der Waals surface area contributed by atoms with Crippen molar-refractivity contribution in [1.29, 1.82) is 0 Å². The molecule has 0 saturated heterocycles. The molecule has 1 saturated carbocycles. The fraction of sp³-hybridized carbons (Fsp3) is 0.381. The molecule has 3 rings (SSSR count). The van der Waals surface area contributed by atoms with E-state index in [0.717, 1.165) is 18.4 Å². The molecule has 0 spiro atoms. The van der Waals surface area contributed by atoms with Gasteiger partial charge in [0.05, 0.1) is 11.5 Å². The van der Waals surface area contributed by atoms with E-state index in [1.54, 1.807) is 12.1 Å². The van der Waals surface area contributed by atoms with E-state index < -0.39 is 9.84 Å². The monoisotopic (exact) mass is 387 g/mol. The maximum Gasteiger partial charge on any atom is 0.223 e. The fourth-order valence-corrected chi connectivity index (χ4v) is 3.56. The fourth-order valence-electron chi connectivity index (χ4n) is 2.93. The largest absolute Gasteiger partial charge is 0.494 e. The zero-order valence-electron chi connectivity index (χ0n) is 15.5. The first-order chi connectivity index (χ1) is 12.9. The third-order valence-corrected chi connectivity index (χ3v) is 5.69. The van der Waals surface area contributed by atoms with Gasteiger partial charge >= 0.3 is 0 Å². The predicted octanol–water partition coefficient (Wildman–Crippen LogP) is 3.44.